The van der Waals surface area contributed by atoms with Crippen molar-refractivity contribution in [2.45, 2.75) is 59.2 Å². The number of pyridine rings is 1. The highest BCUT2D eigenvalue weighted by molar-refractivity contribution is 5.81. The molecule has 2 aromatic heterocycles. The molecular weight excluding hydrogens is 484 g/mol. The molecule has 7 heteroatoms. The van der Waals surface area contributed by atoms with Gasteiger partial charge in [-0.15, -0.1) is 5.10 Å². The lowest BCUT2D eigenvalue weighted by atomic mass is 9.99. The lowest BCUT2D eigenvalue weighted by Crippen LogP contribution is -2.38. The van der Waals surface area contributed by atoms with Gasteiger partial charge in [-0.1, -0.05) is 60.7 Å². The summed E-state index contributed by atoms with van der Waals surface area (Å²) >= 11 is 0. The average molecular weight is 521 g/mol. The molecule has 2 heterocycles. The summed E-state index contributed by atoms with van der Waals surface area (Å²) in [6.45, 7) is 11.7. The summed E-state index contributed by atoms with van der Waals surface area (Å²) in [6, 6.07) is 26.5. The molecule has 7 nitrogen and oxygen atoms in total. The van der Waals surface area contributed by atoms with Crippen LogP contribution in [0.25, 0.3) is 10.9 Å². The lowest BCUT2D eigenvalue weighted by molar-refractivity contribution is 0.195. The van der Waals surface area contributed by atoms with Gasteiger partial charge in [-0.3, -0.25) is 9.69 Å². The number of hydrogen-bond acceptors (Lipinski definition) is 5. The van der Waals surface area contributed by atoms with E-state index in [1.165, 1.54) is 11.1 Å². The van der Waals surface area contributed by atoms with Gasteiger partial charge in [0.25, 0.3) is 5.56 Å². The molecule has 5 rings (SSSR count). The number of fused-ring (bicyclic) bond motifs is 1. The van der Waals surface area contributed by atoms with E-state index in [-0.39, 0.29) is 11.1 Å². The van der Waals surface area contributed by atoms with Gasteiger partial charge in [0.2, 0.25) is 0 Å². The fraction of sp³-hybridized carbons (Fsp3) is 0.312. The second kappa shape index (κ2) is 10.9. The smallest absolute Gasteiger partial charge is 0.253 e. The van der Waals surface area contributed by atoms with Crippen molar-refractivity contribution in [1.29, 1.82) is 0 Å². The Balaban J connectivity index is 1.69. The molecule has 0 fully saturated rings. The Kier molecular flexibility index (Phi) is 7.44. The quantitative estimate of drug-likeness (QED) is 0.283. The monoisotopic (exact) mass is 520 g/mol. The highest BCUT2D eigenvalue weighted by Gasteiger charge is 2.33. The van der Waals surface area contributed by atoms with E-state index in [1.54, 1.807) is 0 Å². The summed E-state index contributed by atoms with van der Waals surface area (Å²) in [4.78, 5) is 19.3. The Morgan fingerprint density at radius 2 is 1.54 bits per heavy atom. The predicted molar refractivity (Wildman–Crippen MR) is 156 cm³/mol. The molecule has 0 bridgehead atoms. The highest BCUT2D eigenvalue weighted by atomic mass is 16.1. The van der Waals surface area contributed by atoms with Crippen LogP contribution in [0.4, 0.5) is 0 Å². The van der Waals surface area contributed by atoms with Gasteiger partial charge < -0.3 is 4.98 Å². The molecule has 0 radical (unpaired) electrons. The van der Waals surface area contributed by atoms with Crippen molar-refractivity contribution in [2.24, 2.45) is 0 Å². The molecule has 0 amide bonds. The molecule has 0 aliphatic heterocycles. The van der Waals surface area contributed by atoms with Crippen LogP contribution in [0.1, 0.15) is 60.5 Å². The van der Waals surface area contributed by atoms with Crippen LogP contribution in [0.2, 0.25) is 0 Å². The molecule has 0 aliphatic carbocycles. The Morgan fingerprint density at radius 1 is 0.897 bits per heavy atom. The van der Waals surface area contributed by atoms with Gasteiger partial charge in [0.05, 0.1) is 5.54 Å². The van der Waals surface area contributed by atoms with E-state index in [2.05, 4.69) is 102 Å². The summed E-state index contributed by atoms with van der Waals surface area (Å²) in [7, 11) is 0. The molecule has 0 aliphatic rings. The first-order valence-corrected chi connectivity index (χ1v) is 13.5. The van der Waals surface area contributed by atoms with Crippen molar-refractivity contribution in [2.75, 3.05) is 6.54 Å². The minimum absolute atomic E-state index is 0.128. The van der Waals surface area contributed by atoms with Crippen LogP contribution in [-0.2, 0) is 18.5 Å². The fourth-order valence-corrected chi connectivity index (χ4v) is 5.07. The molecule has 39 heavy (non-hydrogen) atoms. The Bertz CT molecular complexity index is 1620. The van der Waals surface area contributed by atoms with Gasteiger partial charge in [0, 0.05) is 24.2 Å². The number of tetrazole rings is 1. The molecule has 0 unspecified atom stereocenters. The van der Waals surface area contributed by atoms with E-state index in [4.69, 9.17) is 0 Å². The van der Waals surface area contributed by atoms with E-state index in [0.717, 1.165) is 28.5 Å². The van der Waals surface area contributed by atoms with Crippen LogP contribution in [0.3, 0.4) is 0 Å². The van der Waals surface area contributed by atoms with Crippen LogP contribution in [-0.4, -0.2) is 36.6 Å². The van der Waals surface area contributed by atoms with E-state index < -0.39 is 6.04 Å². The Hall–Kier alpha value is -4.10. The second-order valence-electron chi connectivity index (χ2n) is 11.3. The number of H-pyrrole nitrogens is 1. The third-order valence-electron chi connectivity index (χ3n) is 7.28. The Labute approximate surface area is 229 Å². The van der Waals surface area contributed by atoms with E-state index in [0.29, 0.717) is 24.5 Å². The number of benzene rings is 3. The summed E-state index contributed by atoms with van der Waals surface area (Å²) in [5.41, 5.74) is 5.70. The topological polar surface area (TPSA) is 79.7 Å². The van der Waals surface area contributed by atoms with Crippen molar-refractivity contribution in [3.05, 3.63) is 123 Å². The maximum atomic E-state index is 13.8. The van der Waals surface area contributed by atoms with Gasteiger partial charge >= 0.3 is 0 Å². The minimum Gasteiger partial charge on any atom is -0.322 e. The van der Waals surface area contributed by atoms with Gasteiger partial charge in [0.1, 0.15) is 6.04 Å². The first kappa shape index (κ1) is 26.5. The summed E-state index contributed by atoms with van der Waals surface area (Å²) in [5.74, 6) is 0.653. The lowest BCUT2D eigenvalue weighted by Gasteiger charge is -2.33. The van der Waals surface area contributed by atoms with Gasteiger partial charge in [-0.2, -0.15) is 0 Å². The zero-order valence-electron chi connectivity index (χ0n) is 23.3. The number of hydrogen-bond donors (Lipinski definition) is 1. The zero-order chi connectivity index (χ0) is 27.6. The molecule has 0 saturated carbocycles. The summed E-state index contributed by atoms with van der Waals surface area (Å²) < 4.78 is 1.85. The molecule has 3 aromatic carbocycles. The number of nitrogens with zero attached hydrogens (tertiary/aromatic N) is 5. The van der Waals surface area contributed by atoms with Crippen molar-refractivity contribution < 1.29 is 0 Å². The maximum absolute atomic E-state index is 13.8. The number of nitrogens with one attached hydrogen (secondary N) is 1. The van der Waals surface area contributed by atoms with Crippen LogP contribution in [0.5, 0.6) is 0 Å². The standard InChI is InChI=1S/C32H36N6O/c1-22-18-26-20-27(31(39)33-28(26)19-23(22)2)29(30-34-35-36-38(30)32(3,4)5)37(21-25-14-10-7-11-15-25)17-16-24-12-8-6-9-13-24/h6-15,18-20,29H,16-17,21H2,1-5H3,(H,33,39)/t29-/m0/s1. The maximum Gasteiger partial charge on any atom is 0.253 e. The van der Waals surface area contributed by atoms with Gasteiger partial charge in [-0.05, 0) is 97.3 Å². The molecule has 200 valence electrons. The van der Waals surface area contributed by atoms with Crippen LogP contribution in [0.15, 0.2) is 83.7 Å². The van der Waals surface area contributed by atoms with Crippen LogP contribution < -0.4 is 5.56 Å². The number of aromatic amines is 1. The van der Waals surface area contributed by atoms with Gasteiger partial charge in [0.15, 0.2) is 5.82 Å². The summed E-state index contributed by atoms with van der Waals surface area (Å²) in [5, 5.41) is 14.0. The molecule has 0 saturated heterocycles. The first-order valence-electron chi connectivity index (χ1n) is 13.5. The van der Waals surface area contributed by atoms with E-state index in [9.17, 15) is 4.79 Å². The van der Waals surface area contributed by atoms with E-state index in [1.807, 2.05) is 41.1 Å². The van der Waals surface area contributed by atoms with Crippen molar-refractivity contribution in [1.82, 2.24) is 30.1 Å². The number of aryl methyl sites for hydroxylation is 2. The third kappa shape index (κ3) is 5.83. The zero-order valence-corrected chi connectivity index (χ0v) is 23.3. The molecule has 0 spiro atoms. The minimum atomic E-state index is -0.460. The second-order valence-corrected chi connectivity index (χ2v) is 11.3. The van der Waals surface area contributed by atoms with E-state index >= 15 is 0 Å². The fourth-order valence-electron chi connectivity index (χ4n) is 5.07. The highest BCUT2D eigenvalue weighted by Crippen LogP contribution is 2.31. The average Bonchev–Trinajstić information content (AvgIpc) is 3.40. The van der Waals surface area contributed by atoms with Crippen LogP contribution in [0, 0.1) is 13.8 Å². The molecule has 5 aromatic rings. The number of aromatic nitrogens is 5. The van der Waals surface area contributed by atoms with Crippen molar-refractivity contribution in [3.8, 4) is 0 Å². The normalized spacial score (nSPS) is 12.8. The number of rotatable bonds is 8. The SMILES string of the molecule is Cc1cc2cc([C@@H](c3nnnn3C(C)(C)C)N(CCc3ccccc3)Cc3ccccc3)c(=O)[nH]c2cc1C. The first-order chi connectivity index (χ1) is 18.7. The van der Waals surface area contributed by atoms with Crippen molar-refractivity contribution >= 4 is 10.9 Å². The molecule has 1 N–H and O–H groups in total. The molecule has 1 atom stereocenters. The largest absolute Gasteiger partial charge is 0.322 e. The molecular formula is C32H36N6O. The Morgan fingerprint density at radius 3 is 2.21 bits per heavy atom. The van der Waals surface area contributed by atoms with Gasteiger partial charge in [-0.25, -0.2) is 4.68 Å². The van der Waals surface area contributed by atoms with Crippen LogP contribution >= 0.6 is 0 Å². The predicted octanol–water partition coefficient (Wildman–Crippen LogP) is 5.72. The summed E-state index contributed by atoms with van der Waals surface area (Å²) in [6.07, 6.45) is 0.824. The van der Waals surface area contributed by atoms with Crippen molar-refractivity contribution in [3.63, 3.8) is 0 Å². The third-order valence-corrected chi connectivity index (χ3v) is 7.28.